The monoisotopic (exact) mass is 305 g/mol. The Bertz CT molecular complexity index is 547. The summed E-state index contributed by atoms with van der Waals surface area (Å²) in [7, 11) is 0. The Labute approximate surface area is 128 Å². The van der Waals surface area contributed by atoms with Crippen molar-refractivity contribution in [2.75, 3.05) is 6.61 Å². The molecule has 0 saturated carbocycles. The lowest BCUT2D eigenvalue weighted by Crippen LogP contribution is -2.43. The van der Waals surface area contributed by atoms with Gasteiger partial charge in [0.15, 0.2) is 6.10 Å². The number of amides is 1. The number of carboxylic acids is 1. The van der Waals surface area contributed by atoms with E-state index < -0.39 is 18.2 Å². The van der Waals surface area contributed by atoms with Crippen LogP contribution in [0.15, 0.2) is 30.3 Å². The van der Waals surface area contributed by atoms with E-state index in [1.807, 2.05) is 30.3 Å². The number of carbonyl (C=O) groups excluding carboxylic acids is 1. The Kier molecular flexibility index (Phi) is 4.40. The van der Waals surface area contributed by atoms with Gasteiger partial charge in [0.2, 0.25) is 5.91 Å². The van der Waals surface area contributed by atoms with Crippen LogP contribution in [-0.4, -0.2) is 41.8 Å². The van der Waals surface area contributed by atoms with Gasteiger partial charge < -0.3 is 19.9 Å². The van der Waals surface area contributed by atoms with Gasteiger partial charge in [-0.15, -0.1) is 0 Å². The molecule has 0 aliphatic carbocycles. The van der Waals surface area contributed by atoms with E-state index in [1.54, 1.807) is 0 Å². The molecule has 6 heteroatoms. The van der Waals surface area contributed by atoms with E-state index in [-0.39, 0.29) is 18.1 Å². The number of rotatable bonds is 4. The molecule has 1 aromatic carbocycles. The summed E-state index contributed by atoms with van der Waals surface area (Å²) in [6.07, 6.45) is -0.177. The van der Waals surface area contributed by atoms with Gasteiger partial charge >= 0.3 is 5.97 Å². The summed E-state index contributed by atoms with van der Waals surface area (Å²) in [5.41, 5.74) is 1.03. The van der Waals surface area contributed by atoms with Crippen LogP contribution in [0.4, 0.5) is 0 Å². The molecule has 6 nitrogen and oxygen atoms in total. The highest BCUT2D eigenvalue weighted by molar-refractivity contribution is 5.83. The van der Waals surface area contributed by atoms with Crippen LogP contribution in [0.2, 0.25) is 0 Å². The fraction of sp³-hybridized carbons (Fsp3) is 0.500. The maximum atomic E-state index is 12.3. The highest BCUT2D eigenvalue weighted by Gasteiger charge is 2.37. The van der Waals surface area contributed by atoms with Crippen molar-refractivity contribution in [3.63, 3.8) is 0 Å². The summed E-state index contributed by atoms with van der Waals surface area (Å²) in [5.74, 6) is -1.26. The first-order valence-electron chi connectivity index (χ1n) is 7.50. The van der Waals surface area contributed by atoms with Crippen molar-refractivity contribution >= 4 is 11.9 Å². The molecule has 1 amide bonds. The smallest absolute Gasteiger partial charge is 0.332 e. The van der Waals surface area contributed by atoms with Crippen LogP contribution in [0, 0.1) is 0 Å². The number of hydrogen-bond donors (Lipinski definition) is 2. The first kappa shape index (κ1) is 15.0. The molecule has 22 heavy (non-hydrogen) atoms. The third-order valence-electron chi connectivity index (χ3n) is 4.13. The second kappa shape index (κ2) is 6.46. The fourth-order valence-corrected chi connectivity index (χ4v) is 3.00. The van der Waals surface area contributed by atoms with Crippen LogP contribution in [0.25, 0.3) is 0 Å². The number of aliphatic carboxylic acids is 1. The second-order valence-electron chi connectivity index (χ2n) is 5.63. The quantitative estimate of drug-likeness (QED) is 0.875. The zero-order chi connectivity index (χ0) is 15.5. The molecule has 3 rings (SSSR count). The van der Waals surface area contributed by atoms with Gasteiger partial charge in [-0.05, 0) is 24.8 Å². The maximum absolute atomic E-state index is 12.3. The lowest BCUT2D eigenvalue weighted by molar-refractivity contribution is -0.152. The average Bonchev–Trinajstić information content (AvgIpc) is 3.17. The van der Waals surface area contributed by atoms with Crippen LogP contribution < -0.4 is 5.32 Å². The Morgan fingerprint density at radius 1 is 1.09 bits per heavy atom. The first-order valence-corrected chi connectivity index (χ1v) is 7.50. The molecule has 2 saturated heterocycles. The van der Waals surface area contributed by atoms with Crippen LogP contribution >= 0.6 is 0 Å². The zero-order valence-electron chi connectivity index (χ0n) is 12.1. The van der Waals surface area contributed by atoms with Gasteiger partial charge in [-0.2, -0.15) is 0 Å². The molecule has 0 spiro atoms. The molecular formula is C16H19NO5. The lowest BCUT2D eigenvalue weighted by atomic mass is 10.0. The number of hydrogen-bond acceptors (Lipinski definition) is 4. The Morgan fingerprint density at radius 2 is 1.82 bits per heavy atom. The molecule has 4 atom stereocenters. The van der Waals surface area contributed by atoms with Gasteiger partial charge in [0.05, 0.1) is 6.04 Å². The molecule has 2 fully saturated rings. The van der Waals surface area contributed by atoms with Gasteiger partial charge in [-0.25, -0.2) is 4.79 Å². The molecule has 0 radical (unpaired) electrons. The van der Waals surface area contributed by atoms with Crippen molar-refractivity contribution in [3.05, 3.63) is 35.9 Å². The first-order chi connectivity index (χ1) is 10.6. The van der Waals surface area contributed by atoms with Gasteiger partial charge in [0.1, 0.15) is 12.2 Å². The minimum Gasteiger partial charge on any atom is -0.479 e. The number of nitrogens with one attached hydrogen (secondary N) is 1. The molecule has 0 aromatic heterocycles. The van der Waals surface area contributed by atoms with E-state index in [9.17, 15) is 9.59 Å². The molecule has 118 valence electrons. The number of ether oxygens (including phenoxy) is 2. The van der Waals surface area contributed by atoms with Crippen LogP contribution in [0.5, 0.6) is 0 Å². The minimum atomic E-state index is -1.01. The highest BCUT2D eigenvalue weighted by atomic mass is 16.5. The highest BCUT2D eigenvalue weighted by Crippen LogP contribution is 2.29. The van der Waals surface area contributed by atoms with Gasteiger partial charge in [-0.3, -0.25) is 4.79 Å². The number of carbonyl (C=O) groups is 2. The van der Waals surface area contributed by atoms with Crippen LogP contribution in [0.1, 0.15) is 30.9 Å². The average molecular weight is 305 g/mol. The van der Waals surface area contributed by atoms with Crippen LogP contribution in [0.3, 0.4) is 0 Å². The molecule has 2 aliphatic rings. The summed E-state index contributed by atoms with van der Waals surface area (Å²) in [5, 5.41) is 11.9. The topological polar surface area (TPSA) is 84.9 Å². The molecule has 2 heterocycles. The van der Waals surface area contributed by atoms with Gasteiger partial charge in [0.25, 0.3) is 0 Å². The Balaban J connectivity index is 1.60. The van der Waals surface area contributed by atoms with Crippen molar-refractivity contribution < 1.29 is 24.2 Å². The molecular weight excluding hydrogens is 286 g/mol. The van der Waals surface area contributed by atoms with Crippen molar-refractivity contribution in [1.82, 2.24) is 5.32 Å². The minimum absolute atomic E-state index is 0.109. The van der Waals surface area contributed by atoms with E-state index in [0.717, 1.165) is 12.0 Å². The summed E-state index contributed by atoms with van der Waals surface area (Å²) >= 11 is 0. The van der Waals surface area contributed by atoms with E-state index in [0.29, 0.717) is 19.4 Å². The summed E-state index contributed by atoms with van der Waals surface area (Å²) in [4.78, 5) is 23.1. The molecule has 2 N–H and O–H groups in total. The van der Waals surface area contributed by atoms with Crippen LogP contribution in [-0.2, 0) is 19.1 Å². The third-order valence-corrected chi connectivity index (χ3v) is 4.13. The molecule has 2 aliphatic heterocycles. The molecule has 1 aromatic rings. The zero-order valence-corrected chi connectivity index (χ0v) is 12.1. The maximum Gasteiger partial charge on any atom is 0.332 e. The normalized spacial score (nSPS) is 31.1. The van der Waals surface area contributed by atoms with Gasteiger partial charge in [0, 0.05) is 6.61 Å². The number of benzene rings is 1. The summed E-state index contributed by atoms with van der Waals surface area (Å²) in [6, 6.07) is 9.65. The van der Waals surface area contributed by atoms with E-state index in [1.165, 1.54) is 0 Å². The predicted molar refractivity (Wildman–Crippen MR) is 77.2 cm³/mol. The SMILES string of the molecule is O=C(NC1CCOC1c1ccccc1)[C@@H]1CC[C@H](C(=O)O)O1. The predicted octanol–water partition coefficient (Wildman–Crippen LogP) is 1.26. The number of carboxylic acid groups (broad SMARTS) is 1. The third kappa shape index (κ3) is 3.13. The van der Waals surface area contributed by atoms with E-state index >= 15 is 0 Å². The molecule has 2 unspecified atom stereocenters. The van der Waals surface area contributed by atoms with Crippen molar-refractivity contribution in [2.24, 2.45) is 0 Å². The molecule has 0 bridgehead atoms. The van der Waals surface area contributed by atoms with E-state index in [2.05, 4.69) is 5.32 Å². The second-order valence-corrected chi connectivity index (χ2v) is 5.63. The van der Waals surface area contributed by atoms with E-state index in [4.69, 9.17) is 14.6 Å². The largest absolute Gasteiger partial charge is 0.479 e. The van der Waals surface area contributed by atoms with Crippen molar-refractivity contribution in [1.29, 1.82) is 0 Å². The van der Waals surface area contributed by atoms with Crippen molar-refractivity contribution in [3.8, 4) is 0 Å². The van der Waals surface area contributed by atoms with Crippen molar-refractivity contribution in [2.45, 2.75) is 43.6 Å². The summed E-state index contributed by atoms with van der Waals surface area (Å²) in [6.45, 7) is 0.591. The standard InChI is InChI=1S/C16H19NO5/c18-15(12-6-7-13(22-12)16(19)20)17-11-8-9-21-14(11)10-4-2-1-3-5-10/h1-5,11-14H,6-9H2,(H,17,18)(H,19,20)/t11?,12-,13+,14?/m0/s1. The van der Waals surface area contributed by atoms with Gasteiger partial charge in [-0.1, -0.05) is 30.3 Å². The Morgan fingerprint density at radius 3 is 2.50 bits per heavy atom. The lowest BCUT2D eigenvalue weighted by Gasteiger charge is -2.22. The summed E-state index contributed by atoms with van der Waals surface area (Å²) < 4.78 is 11.0. The Hall–Kier alpha value is -1.92. The fourth-order valence-electron chi connectivity index (χ4n) is 3.00.